The molecule has 0 amide bonds. The molecule has 1 fully saturated rings. The molecular weight excluding hydrogens is 304 g/mol. The van der Waals surface area contributed by atoms with Crippen LogP contribution in [0.1, 0.15) is 18.9 Å². The van der Waals surface area contributed by atoms with Gasteiger partial charge in [-0.3, -0.25) is 4.79 Å². The van der Waals surface area contributed by atoms with Crippen molar-refractivity contribution in [3.8, 4) is 0 Å². The summed E-state index contributed by atoms with van der Waals surface area (Å²) >= 11 is 3.00. The third-order valence-electron chi connectivity index (χ3n) is 3.43. The van der Waals surface area contributed by atoms with Crippen LogP contribution in [-0.4, -0.2) is 18.4 Å². The lowest BCUT2D eigenvalue weighted by Gasteiger charge is -2.14. The molecule has 1 aliphatic rings. The molecule has 2 unspecified atom stereocenters. The highest BCUT2D eigenvalue weighted by Gasteiger charge is 2.30. The largest absolute Gasteiger partial charge is 0.314 e. The van der Waals surface area contributed by atoms with Gasteiger partial charge in [0.05, 0.1) is 4.47 Å². The Morgan fingerprint density at radius 2 is 2.22 bits per heavy atom. The van der Waals surface area contributed by atoms with Gasteiger partial charge < -0.3 is 5.32 Å². The molecule has 5 heteroatoms. The highest BCUT2D eigenvalue weighted by molar-refractivity contribution is 9.10. The van der Waals surface area contributed by atoms with Crippen molar-refractivity contribution < 1.29 is 13.6 Å². The van der Waals surface area contributed by atoms with Crippen molar-refractivity contribution >= 4 is 21.7 Å². The van der Waals surface area contributed by atoms with Crippen LogP contribution in [0, 0.1) is 17.6 Å². The number of carbonyl (C=O) groups is 1. The maximum absolute atomic E-state index is 13.8. The Bertz CT molecular complexity index is 478. The highest BCUT2D eigenvalue weighted by atomic mass is 79.9. The maximum Gasteiger partial charge on any atom is 0.143 e. The zero-order valence-electron chi connectivity index (χ0n) is 9.97. The molecule has 0 bridgehead atoms. The third-order valence-corrected chi connectivity index (χ3v) is 4.04. The van der Waals surface area contributed by atoms with Crippen molar-refractivity contribution in [1.82, 2.24) is 5.32 Å². The summed E-state index contributed by atoms with van der Waals surface area (Å²) in [6, 6.07) is 2.56. The number of hydrogen-bond acceptors (Lipinski definition) is 2. The topological polar surface area (TPSA) is 29.1 Å². The third kappa shape index (κ3) is 2.62. The molecule has 0 radical (unpaired) electrons. The van der Waals surface area contributed by atoms with Crippen molar-refractivity contribution in [3.63, 3.8) is 0 Å². The van der Waals surface area contributed by atoms with E-state index >= 15 is 0 Å². The minimum atomic E-state index is -0.679. The maximum atomic E-state index is 13.8. The van der Waals surface area contributed by atoms with Gasteiger partial charge in [-0.2, -0.15) is 0 Å². The Labute approximate surface area is 113 Å². The van der Waals surface area contributed by atoms with Crippen LogP contribution in [0.5, 0.6) is 0 Å². The number of nitrogens with one attached hydrogen (secondary N) is 1. The molecular formula is C13H14BrF2NO. The number of halogens is 3. The second kappa shape index (κ2) is 5.45. The number of carbonyl (C=O) groups excluding carboxylic acids is 1. The van der Waals surface area contributed by atoms with Crippen molar-refractivity contribution in [3.05, 3.63) is 33.8 Å². The van der Waals surface area contributed by atoms with Gasteiger partial charge in [0.25, 0.3) is 0 Å². The van der Waals surface area contributed by atoms with Crippen LogP contribution in [0.3, 0.4) is 0 Å². The molecule has 1 heterocycles. The van der Waals surface area contributed by atoms with Gasteiger partial charge in [0, 0.05) is 23.9 Å². The fourth-order valence-electron chi connectivity index (χ4n) is 2.34. The van der Waals surface area contributed by atoms with Crippen LogP contribution in [0.15, 0.2) is 16.6 Å². The van der Waals surface area contributed by atoms with Crippen molar-refractivity contribution in [2.75, 3.05) is 6.54 Å². The molecule has 1 aliphatic heterocycles. The van der Waals surface area contributed by atoms with E-state index in [-0.39, 0.29) is 34.2 Å². The zero-order valence-corrected chi connectivity index (χ0v) is 11.6. The summed E-state index contributed by atoms with van der Waals surface area (Å²) in [6.07, 6.45) is 0.547. The molecule has 98 valence electrons. The van der Waals surface area contributed by atoms with E-state index < -0.39 is 11.6 Å². The highest BCUT2D eigenvalue weighted by Crippen LogP contribution is 2.25. The number of Topliss-reactive ketones (excluding diaryl/α,β-unsaturated/α-hetero) is 1. The van der Waals surface area contributed by atoms with Crippen molar-refractivity contribution in [2.45, 2.75) is 25.8 Å². The SMILES string of the molecule is CC1NCCC1C(=O)Cc1c(F)ccc(Br)c1F. The lowest BCUT2D eigenvalue weighted by molar-refractivity contribution is -0.122. The van der Waals surface area contributed by atoms with Gasteiger partial charge in [0.1, 0.15) is 17.4 Å². The Balaban J connectivity index is 2.19. The van der Waals surface area contributed by atoms with Gasteiger partial charge in [0.15, 0.2) is 0 Å². The summed E-state index contributed by atoms with van der Waals surface area (Å²) in [5, 5.41) is 3.16. The van der Waals surface area contributed by atoms with Crippen LogP contribution in [-0.2, 0) is 11.2 Å². The van der Waals surface area contributed by atoms with E-state index in [0.29, 0.717) is 0 Å². The van der Waals surface area contributed by atoms with Crippen LogP contribution >= 0.6 is 15.9 Å². The first-order valence-corrected chi connectivity index (χ1v) is 6.68. The number of benzene rings is 1. The average Bonchev–Trinajstić information content (AvgIpc) is 2.76. The van der Waals surface area contributed by atoms with Crippen LogP contribution < -0.4 is 5.32 Å². The average molecular weight is 318 g/mol. The Hall–Kier alpha value is -0.810. The summed E-state index contributed by atoms with van der Waals surface area (Å²) in [4.78, 5) is 12.1. The van der Waals surface area contributed by atoms with E-state index in [0.717, 1.165) is 13.0 Å². The standard InChI is InChI=1S/C13H14BrF2NO/c1-7-8(4-5-17-7)12(18)6-9-11(15)3-2-10(14)13(9)16/h2-3,7-8,17H,4-6H2,1H3. The normalized spacial score (nSPS) is 23.3. The Morgan fingerprint density at radius 3 is 2.83 bits per heavy atom. The molecule has 1 N–H and O–H groups in total. The predicted octanol–water partition coefficient (Wildman–Crippen LogP) is 2.84. The second-order valence-electron chi connectivity index (χ2n) is 4.60. The van der Waals surface area contributed by atoms with Crippen molar-refractivity contribution in [1.29, 1.82) is 0 Å². The molecule has 0 aliphatic carbocycles. The van der Waals surface area contributed by atoms with E-state index in [2.05, 4.69) is 21.2 Å². The Kier molecular flexibility index (Phi) is 4.12. The summed E-state index contributed by atoms with van der Waals surface area (Å²) in [6.45, 7) is 2.70. The zero-order chi connectivity index (χ0) is 13.3. The number of rotatable bonds is 3. The lowest BCUT2D eigenvalue weighted by Crippen LogP contribution is -2.29. The minimum Gasteiger partial charge on any atom is -0.314 e. The van der Waals surface area contributed by atoms with E-state index in [1.165, 1.54) is 12.1 Å². The van der Waals surface area contributed by atoms with Crippen LogP contribution in [0.2, 0.25) is 0 Å². The molecule has 1 saturated heterocycles. The number of ketones is 1. The molecule has 2 rings (SSSR count). The molecule has 1 aromatic carbocycles. The van der Waals surface area contributed by atoms with E-state index in [1.54, 1.807) is 0 Å². The molecule has 0 saturated carbocycles. The second-order valence-corrected chi connectivity index (χ2v) is 5.46. The fourth-order valence-corrected chi connectivity index (χ4v) is 2.71. The fraction of sp³-hybridized carbons (Fsp3) is 0.462. The van der Waals surface area contributed by atoms with Gasteiger partial charge in [-0.05, 0) is 48.0 Å². The van der Waals surface area contributed by atoms with Crippen LogP contribution in [0.25, 0.3) is 0 Å². The molecule has 18 heavy (non-hydrogen) atoms. The van der Waals surface area contributed by atoms with E-state index in [1.807, 2.05) is 6.92 Å². The lowest BCUT2D eigenvalue weighted by atomic mass is 9.92. The molecule has 1 aromatic rings. The van der Waals surface area contributed by atoms with Gasteiger partial charge >= 0.3 is 0 Å². The van der Waals surface area contributed by atoms with Gasteiger partial charge in [-0.15, -0.1) is 0 Å². The first-order chi connectivity index (χ1) is 8.50. The molecule has 2 nitrogen and oxygen atoms in total. The van der Waals surface area contributed by atoms with Crippen molar-refractivity contribution in [2.24, 2.45) is 5.92 Å². The Morgan fingerprint density at radius 1 is 1.50 bits per heavy atom. The molecule has 2 atom stereocenters. The summed E-state index contributed by atoms with van der Waals surface area (Å²) in [7, 11) is 0. The smallest absolute Gasteiger partial charge is 0.143 e. The van der Waals surface area contributed by atoms with E-state index in [9.17, 15) is 13.6 Å². The number of hydrogen-bond donors (Lipinski definition) is 1. The quantitative estimate of drug-likeness (QED) is 0.869. The van der Waals surface area contributed by atoms with Gasteiger partial charge in [0.2, 0.25) is 0 Å². The summed E-state index contributed by atoms with van der Waals surface area (Å²) < 4.78 is 27.5. The molecule has 0 spiro atoms. The first kappa shape index (κ1) is 13.6. The first-order valence-electron chi connectivity index (χ1n) is 5.89. The summed E-state index contributed by atoms with van der Waals surface area (Å²) in [5.41, 5.74) is -0.145. The molecule has 0 aromatic heterocycles. The van der Waals surface area contributed by atoms with Gasteiger partial charge in [-0.1, -0.05) is 0 Å². The van der Waals surface area contributed by atoms with Gasteiger partial charge in [-0.25, -0.2) is 8.78 Å². The minimum absolute atomic E-state index is 0.0794. The summed E-state index contributed by atoms with van der Waals surface area (Å²) in [5.74, 6) is -1.60. The predicted molar refractivity (Wildman–Crippen MR) is 68.3 cm³/mol. The van der Waals surface area contributed by atoms with E-state index in [4.69, 9.17) is 0 Å². The van der Waals surface area contributed by atoms with Crippen LogP contribution in [0.4, 0.5) is 8.78 Å². The monoisotopic (exact) mass is 317 g/mol.